The van der Waals surface area contributed by atoms with Crippen LogP contribution >= 0.6 is 0 Å². The van der Waals surface area contributed by atoms with Crippen molar-refractivity contribution < 1.29 is 24.2 Å². The van der Waals surface area contributed by atoms with E-state index < -0.39 is 12.0 Å². The molecule has 1 N–H and O–H groups in total. The molecule has 1 saturated carbocycles. The maximum Gasteiger partial charge on any atom is 0.321 e. The topological polar surface area (TPSA) is 79.3 Å². The van der Waals surface area contributed by atoms with Crippen molar-refractivity contribution in [2.75, 3.05) is 37.9 Å². The maximum atomic E-state index is 13.0. The molecule has 7 heteroatoms. The van der Waals surface area contributed by atoms with Crippen molar-refractivity contribution >= 4 is 17.4 Å². The summed E-state index contributed by atoms with van der Waals surface area (Å²) in [5.41, 5.74) is 2.93. The highest BCUT2D eigenvalue weighted by molar-refractivity contribution is 5.98. The Kier molecular flexibility index (Phi) is 6.72. The summed E-state index contributed by atoms with van der Waals surface area (Å²) in [4.78, 5) is 29.2. The first kappa shape index (κ1) is 22.7. The van der Waals surface area contributed by atoms with Crippen molar-refractivity contribution in [3.05, 3.63) is 53.6 Å². The van der Waals surface area contributed by atoms with Crippen LogP contribution in [0, 0.1) is 0 Å². The van der Waals surface area contributed by atoms with E-state index in [4.69, 9.17) is 9.47 Å². The molecular weight excluding hydrogens is 432 g/mol. The number of carboxylic acid groups (broad SMARTS) is 1. The number of anilines is 1. The van der Waals surface area contributed by atoms with E-state index in [9.17, 15) is 14.7 Å². The molecule has 0 radical (unpaired) electrons. The minimum atomic E-state index is -0.941. The van der Waals surface area contributed by atoms with Crippen LogP contribution in [-0.4, -0.2) is 60.8 Å². The van der Waals surface area contributed by atoms with Crippen LogP contribution in [0.25, 0.3) is 0 Å². The van der Waals surface area contributed by atoms with Crippen LogP contribution in [0.3, 0.4) is 0 Å². The first-order valence-corrected chi connectivity index (χ1v) is 12.3. The van der Waals surface area contributed by atoms with E-state index in [-0.39, 0.29) is 19.0 Å². The number of fused-ring (bicyclic) bond motifs is 1. The molecule has 1 saturated heterocycles. The van der Waals surface area contributed by atoms with E-state index in [1.807, 2.05) is 35.2 Å². The Morgan fingerprint density at radius 1 is 0.912 bits per heavy atom. The first-order valence-electron chi connectivity index (χ1n) is 12.3. The van der Waals surface area contributed by atoms with E-state index in [1.54, 1.807) is 0 Å². The van der Waals surface area contributed by atoms with Gasteiger partial charge in [0.25, 0.3) is 0 Å². The molecule has 3 aliphatic rings. The molecule has 0 spiro atoms. The van der Waals surface area contributed by atoms with Crippen LogP contribution in [0.4, 0.5) is 5.69 Å². The van der Waals surface area contributed by atoms with Crippen LogP contribution in [0.1, 0.15) is 60.4 Å². The molecule has 2 aromatic carbocycles. The first-order chi connectivity index (χ1) is 16.6. The molecule has 0 unspecified atom stereocenters. The van der Waals surface area contributed by atoms with Gasteiger partial charge in [-0.05, 0) is 36.5 Å². The average Bonchev–Trinajstić information content (AvgIpc) is 3.36. The minimum absolute atomic E-state index is 0.0118. The lowest BCUT2D eigenvalue weighted by Gasteiger charge is -2.38. The van der Waals surface area contributed by atoms with Gasteiger partial charge in [0.2, 0.25) is 6.79 Å². The fraction of sp³-hybridized carbons (Fsp3) is 0.481. The van der Waals surface area contributed by atoms with Crippen molar-refractivity contribution in [3.8, 4) is 11.5 Å². The van der Waals surface area contributed by atoms with Gasteiger partial charge in [0, 0.05) is 49.9 Å². The van der Waals surface area contributed by atoms with Crippen LogP contribution in [0.15, 0.2) is 42.5 Å². The fourth-order valence-corrected chi connectivity index (χ4v) is 5.42. The maximum absolute atomic E-state index is 13.0. The molecule has 180 valence electrons. The summed E-state index contributed by atoms with van der Waals surface area (Å²) in [6.07, 6.45) is 6.27. The van der Waals surface area contributed by atoms with E-state index >= 15 is 0 Å². The van der Waals surface area contributed by atoms with Gasteiger partial charge >= 0.3 is 5.97 Å². The zero-order valence-corrected chi connectivity index (χ0v) is 19.4. The number of carboxylic acids is 1. The normalized spacial score (nSPS) is 19.7. The van der Waals surface area contributed by atoms with Gasteiger partial charge in [0.15, 0.2) is 17.3 Å². The molecule has 5 rings (SSSR count). The highest BCUT2D eigenvalue weighted by Crippen LogP contribution is 2.36. The van der Waals surface area contributed by atoms with E-state index in [2.05, 4.69) is 17.0 Å². The van der Waals surface area contributed by atoms with Crippen molar-refractivity contribution in [1.82, 2.24) is 4.90 Å². The molecule has 0 amide bonds. The molecule has 7 nitrogen and oxygen atoms in total. The summed E-state index contributed by atoms with van der Waals surface area (Å²) in [7, 11) is 0. The average molecular weight is 465 g/mol. The standard InChI is InChI=1S/C27H32N2O5/c30-24(21-8-6-20(7-9-21)19-4-2-1-3-5-19)17-23(27(31)32)29-14-12-28(13-15-29)22-10-11-25-26(16-22)34-18-33-25/h6-11,16,19,23H,1-5,12-15,17-18H2,(H,31,32)/t23-/m1/s1. The second-order valence-electron chi connectivity index (χ2n) is 9.50. The third-order valence-electron chi connectivity index (χ3n) is 7.45. The number of hydrogen-bond donors (Lipinski definition) is 1. The molecule has 0 bridgehead atoms. The Hall–Kier alpha value is -3.06. The van der Waals surface area contributed by atoms with Crippen LogP contribution in [-0.2, 0) is 4.79 Å². The molecule has 2 fully saturated rings. The number of ether oxygens (including phenoxy) is 2. The predicted octanol–water partition coefficient (Wildman–Crippen LogP) is 4.31. The lowest BCUT2D eigenvalue weighted by Crippen LogP contribution is -2.53. The SMILES string of the molecule is O=C(C[C@H](C(=O)O)N1CCN(c2ccc3c(c2)OCO3)CC1)c1ccc(C2CCCCC2)cc1. The van der Waals surface area contributed by atoms with Gasteiger partial charge in [-0.3, -0.25) is 14.5 Å². The Morgan fingerprint density at radius 3 is 2.32 bits per heavy atom. The lowest BCUT2D eigenvalue weighted by molar-refractivity contribution is -0.143. The monoisotopic (exact) mass is 464 g/mol. The minimum Gasteiger partial charge on any atom is -0.480 e. The smallest absolute Gasteiger partial charge is 0.321 e. The van der Waals surface area contributed by atoms with E-state index in [0.29, 0.717) is 37.7 Å². The second-order valence-corrected chi connectivity index (χ2v) is 9.50. The van der Waals surface area contributed by atoms with Crippen LogP contribution in [0.2, 0.25) is 0 Å². The molecule has 34 heavy (non-hydrogen) atoms. The third kappa shape index (κ3) is 4.89. The van der Waals surface area contributed by atoms with Crippen LogP contribution in [0.5, 0.6) is 11.5 Å². The summed E-state index contributed by atoms with van der Waals surface area (Å²) >= 11 is 0. The quantitative estimate of drug-likeness (QED) is 0.612. The fourth-order valence-electron chi connectivity index (χ4n) is 5.42. The van der Waals surface area contributed by atoms with Gasteiger partial charge in [0.1, 0.15) is 6.04 Å². The number of Topliss-reactive ketones (excluding diaryl/α,β-unsaturated/α-hetero) is 1. The predicted molar refractivity (Wildman–Crippen MR) is 129 cm³/mol. The number of benzene rings is 2. The lowest BCUT2D eigenvalue weighted by atomic mass is 9.84. The molecule has 1 aliphatic carbocycles. The Bertz CT molecular complexity index is 1020. The second kappa shape index (κ2) is 10.1. The van der Waals surface area contributed by atoms with Crippen molar-refractivity contribution in [3.63, 3.8) is 0 Å². The zero-order chi connectivity index (χ0) is 23.5. The largest absolute Gasteiger partial charge is 0.480 e. The molecule has 0 aromatic heterocycles. The summed E-state index contributed by atoms with van der Waals surface area (Å²) in [6.45, 7) is 2.78. The molecule has 2 aromatic rings. The Balaban J connectivity index is 1.19. The number of nitrogens with zero attached hydrogens (tertiary/aromatic N) is 2. The van der Waals surface area contributed by atoms with Crippen LogP contribution < -0.4 is 14.4 Å². The van der Waals surface area contributed by atoms with E-state index in [0.717, 1.165) is 17.2 Å². The number of piperazine rings is 1. The van der Waals surface area contributed by atoms with Gasteiger partial charge in [-0.2, -0.15) is 0 Å². The summed E-state index contributed by atoms with van der Waals surface area (Å²) < 4.78 is 10.9. The Morgan fingerprint density at radius 2 is 1.62 bits per heavy atom. The van der Waals surface area contributed by atoms with Crippen molar-refractivity contribution in [1.29, 1.82) is 0 Å². The molecular formula is C27H32N2O5. The number of hydrogen-bond acceptors (Lipinski definition) is 6. The van der Waals surface area contributed by atoms with Gasteiger partial charge in [-0.1, -0.05) is 43.5 Å². The number of rotatable bonds is 7. The van der Waals surface area contributed by atoms with Gasteiger partial charge in [-0.25, -0.2) is 0 Å². The molecule has 2 heterocycles. The van der Waals surface area contributed by atoms with Gasteiger partial charge in [0.05, 0.1) is 0 Å². The summed E-state index contributed by atoms with van der Waals surface area (Å²) in [6, 6.07) is 12.9. The number of ketones is 1. The van der Waals surface area contributed by atoms with E-state index in [1.165, 1.54) is 37.7 Å². The zero-order valence-electron chi connectivity index (χ0n) is 19.4. The van der Waals surface area contributed by atoms with Gasteiger partial charge < -0.3 is 19.5 Å². The number of carbonyl (C=O) groups is 2. The van der Waals surface area contributed by atoms with Crippen molar-refractivity contribution in [2.45, 2.75) is 50.5 Å². The molecule has 2 aliphatic heterocycles. The number of aliphatic carboxylic acids is 1. The summed E-state index contributed by atoms with van der Waals surface area (Å²) in [5, 5.41) is 9.89. The Labute approximate surface area is 200 Å². The third-order valence-corrected chi connectivity index (χ3v) is 7.45. The van der Waals surface area contributed by atoms with Crippen molar-refractivity contribution in [2.24, 2.45) is 0 Å². The van der Waals surface area contributed by atoms with Gasteiger partial charge in [-0.15, -0.1) is 0 Å². The summed E-state index contributed by atoms with van der Waals surface area (Å²) in [5.74, 6) is 1.03. The highest BCUT2D eigenvalue weighted by atomic mass is 16.7. The highest BCUT2D eigenvalue weighted by Gasteiger charge is 2.31. The molecule has 1 atom stereocenters. The number of carbonyl (C=O) groups excluding carboxylic acids is 1.